The average Bonchev–Trinajstić information content (AvgIpc) is 2.75. The number of carbonyl (C=O) groups is 2. The van der Waals surface area contributed by atoms with Crippen LogP contribution >= 0.6 is 8.58 Å². The summed E-state index contributed by atoms with van der Waals surface area (Å²) < 4.78 is 0. The zero-order chi connectivity index (χ0) is 22.8. The Hall–Kier alpha value is -0.230. The minimum atomic E-state index is -0.0748. The molecular formula is C28H55O2P. The second-order valence-electron chi connectivity index (χ2n) is 9.54. The number of carbonyl (C=O) groups excluding carboxylic acids is 2. The van der Waals surface area contributed by atoms with Crippen LogP contribution in [0.15, 0.2) is 0 Å². The van der Waals surface area contributed by atoms with Gasteiger partial charge in [0.05, 0.1) is 0 Å². The Morgan fingerprint density at radius 2 is 0.613 bits per heavy atom. The molecule has 0 saturated heterocycles. The Balaban J connectivity index is 3.31. The van der Waals surface area contributed by atoms with Gasteiger partial charge in [-0.1, -0.05) is 142 Å². The summed E-state index contributed by atoms with van der Waals surface area (Å²) in [6.07, 6.45) is 29.9. The minimum Gasteiger partial charge on any atom is -0.294 e. The molecule has 0 heterocycles. The molecule has 0 amide bonds. The highest BCUT2D eigenvalue weighted by Gasteiger charge is 2.09. The van der Waals surface area contributed by atoms with Crippen LogP contribution in [-0.4, -0.2) is 11.0 Å². The molecule has 0 unspecified atom stereocenters. The summed E-state index contributed by atoms with van der Waals surface area (Å²) in [5.74, 6) is 0. The van der Waals surface area contributed by atoms with Crippen molar-refractivity contribution in [1.29, 1.82) is 0 Å². The lowest BCUT2D eigenvalue weighted by Crippen LogP contribution is -1.97. The molecule has 0 aromatic carbocycles. The van der Waals surface area contributed by atoms with E-state index in [9.17, 15) is 9.59 Å². The van der Waals surface area contributed by atoms with Gasteiger partial charge in [0, 0.05) is 21.4 Å². The van der Waals surface area contributed by atoms with Gasteiger partial charge in [-0.05, 0) is 12.8 Å². The Morgan fingerprint density at radius 3 is 0.871 bits per heavy atom. The maximum absolute atomic E-state index is 12.0. The van der Waals surface area contributed by atoms with Gasteiger partial charge in [-0.2, -0.15) is 0 Å². The molecule has 0 aliphatic rings. The second kappa shape index (κ2) is 26.0. The highest BCUT2D eigenvalue weighted by atomic mass is 31.1. The lowest BCUT2D eigenvalue weighted by atomic mass is 10.1. The number of hydrogen-bond acceptors (Lipinski definition) is 2. The largest absolute Gasteiger partial charge is 0.294 e. The maximum Gasteiger partial charge on any atom is 0.158 e. The molecule has 0 bridgehead atoms. The van der Waals surface area contributed by atoms with Gasteiger partial charge in [0.25, 0.3) is 0 Å². The molecule has 3 heteroatoms. The fourth-order valence-electron chi connectivity index (χ4n) is 4.18. The summed E-state index contributed by atoms with van der Waals surface area (Å²) in [4.78, 5) is 24.0. The van der Waals surface area contributed by atoms with E-state index in [4.69, 9.17) is 0 Å². The predicted molar refractivity (Wildman–Crippen MR) is 140 cm³/mol. The first kappa shape index (κ1) is 30.8. The van der Waals surface area contributed by atoms with Crippen LogP contribution in [0.4, 0.5) is 0 Å². The predicted octanol–water partition coefficient (Wildman–Crippen LogP) is 10.1. The first-order valence-corrected chi connectivity index (χ1v) is 15.0. The summed E-state index contributed by atoms with van der Waals surface area (Å²) >= 11 is 0. The highest BCUT2D eigenvalue weighted by Crippen LogP contribution is 2.22. The van der Waals surface area contributed by atoms with Crippen LogP contribution in [0.25, 0.3) is 0 Å². The molecule has 2 nitrogen and oxygen atoms in total. The van der Waals surface area contributed by atoms with Crippen LogP contribution in [0.5, 0.6) is 0 Å². The smallest absolute Gasteiger partial charge is 0.158 e. The molecule has 31 heavy (non-hydrogen) atoms. The van der Waals surface area contributed by atoms with E-state index in [-0.39, 0.29) is 19.6 Å². The molecule has 0 radical (unpaired) electrons. The first-order chi connectivity index (χ1) is 15.2. The molecule has 0 aliphatic carbocycles. The van der Waals surface area contributed by atoms with Gasteiger partial charge < -0.3 is 0 Å². The Bertz CT molecular complexity index is 358. The molecular weight excluding hydrogens is 399 g/mol. The van der Waals surface area contributed by atoms with Gasteiger partial charge in [0.1, 0.15) is 0 Å². The van der Waals surface area contributed by atoms with Crippen molar-refractivity contribution < 1.29 is 9.59 Å². The van der Waals surface area contributed by atoms with Crippen molar-refractivity contribution >= 4 is 19.6 Å². The molecule has 0 aliphatic heterocycles. The number of rotatable bonds is 26. The van der Waals surface area contributed by atoms with Crippen LogP contribution in [0.1, 0.15) is 168 Å². The third-order valence-corrected chi connectivity index (χ3v) is 7.35. The van der Waals surface area contributed by atoms with E-state index in [2.05, 4.69) is 13.8 Å². The van der Waals surface area contributed by atoms with Crippen molar-refractivity contribution in [3.05, 3.63) is 0 Å². The van der Waals surface area contributed by atoms with Crippen LogP contribution in [-0.2, 0) is 9.59 Å². The van der Waals surface area contributed by atoms with E-state index in [1.807, 2.05) is 0 Å². The summed E-state index contributed by atoms with van der Waals surface area (Å²) in [5, 5.41) is 0. The first-order valence-electron chi connectivity index (χ1n) is 14.0. The highest BCUT2D eigenvalue weighted by molar-refractivity contribution is 7.73. The fraction of sp³-hybridized carbons (Fsp3) is 0.929. The van der Waals surface area contributed by atoms with E-state index in [1.165, 1.54) is 116 Å². The van der Waals surface area contributed by atoms with Crippen LogP contribution < -0.4 is 0 Å². The quantitative estimate of drug-likeness (QED) is 0.0962. The third kappa shape index (κ3) is 25.9. The van der Waals surface area contributed by atoms with Crippen LogP contribution in [0.3, 0.4) is 0 Å². The molecule has 0 atom stereocenters. The standard InChI is InChI=1S/C28H55O2P/c1-3-5-7-9-11-13-15-17-19-21-23-25-27(29)31-28(30)26-24-22-20-18-16-14-12-10-8-6-4-2/h31H,3-26H2,1-2H3. The van der Waals surface area contributed by atoms with Crippen LogP contribution in [0.2, 0.25) is 0 Å². The fourth-order valence-corrected chi connectivity index (χ4v) is 5.09. The minimum absolute atomic E-state index is 0.0748. The Morgan fingerprint density at radius 1 is 0.387 bits per heavy atom. The number of hydrogen-bond donors (Lipinski definition) is 0. The lowest BCUT2D eigenvalue weighted by molar-refractivity contribution is -0.113. The topological polar surface area (TPSA) is 34.1 Å². The Kier molecular flexibility index (Phi) is 25.8. The van der Waals surface area contributed by atoms with Crippen molar-refractivity contribution in [3.63, 3.8) is 0 Å². The average molecular weight is 455 g/mol. The van der Waals surface area contributed by atoms with Crippen molar-refractivity contribution in [2.75, 3.05) is 0 Å². The van der Waals surface area contributed by atoms with E-state index in [0.717, 1.165) is 25.7 Å². The van der Waals surface area contributed by atoms with Gasteiger partial charge >= 0.3 is 0 Å². The molecule has 0 aromatic heterocycles. The van der Waals surface area contributed by atoms with Crippen molar-refractivity contribution in [1.82, 2.24) is 0 Å². The Labute approximate surface area is 197 Å². The van der Waals surface area contributed by atoms with E-state index < -0.39 is 0 Å². The molecule has 184 valence electrons. The second-order valence-corrected chi connectivity index (χ2v) is 10.9. The van der Waals surface area contributed by atoms with E-state index >= 15 is 0 Å². The molecule has 0 fully saturated rings. The summed E-state index contributed by atoms with van der Waals surface area (Å²) in [6.45, 7) is 4.53. The summed E-state index contributed by atoms with van der Waals surface area (Å²) in [6, 6.07) is 0. The zero-order valence-corrected chi connectivity index (χ0v) is 22.3. The van der Waals surface area contributed by atoms with Crippen molar-refractivity contribution in [3.8, 4) is 0 Å². The SMILES string of the molecule is CCCCCCCCCCCCCC(=O)PC(=O)CCCCCCCCCCCCC. The van der Waals surface area contributed by atoms with Crippen molar-refractivity contribution in [2.24, 2.45) is 0 Å². The molecule has 0 rings (SSSR count). The monoisotopic (exact) mass is 454 g/mol. The number of unbranched alkanes of at least 4 members (excludes halogenated alkanes) is 20. The maximum atomic E-state index is 12.0. The third-order valence-electron chi connectivity index (χ3n) is 6.29. The van der Waals surface area contributed by atoms with Gasteiger partial charge in [-0.15, -0.1) is 0 Å². The lowest BCUT2D eigenvalue weighted by Gasteiger charge is -2.04. The van der Waals surface area contributed by atoms with Crippen molar-refractivity contribution in [2.45, 2.75) is 168 Å². The molecule has 0 spiro atoms. The van der Waals surface area contributed by atoms with Gasteiger partial charge in [0.2, 0.25) is 0 Å². The summed E-state index contributed by atoms with van der Waals surface area (Å²) in [5.41, 5.74) is 0.396. The molecule has 0 aromatic rings. The van der Waals surface area contributed by atoms with Crippen LogP contribution in [0, 0.1) is 0 Å². The van der Waals surface area contributed by atoms with Gasteiger partial charge in [-0.25, -0.2) is 0 Å². The molecule has 0 N–H and O–H groups in total. The summed E-state index contributed by atoms with van der Waals surface area (Å²) in [7, 11) is -0.0748. The van der Waals surface area contributed by atoms with E-state index in [1.54, 1.807) is 0 Å². The molecule has 0 saturated carbocycles. The van der Waals surface area contributed by atoms with E-state index in [0.29, 0.717) is 12.8 Å². The normalized spacial score (nSPS) is 11.2. The zero-order valence-electron chi connectivity index (χ0n) is 21.3. The van der Waals surface area contributed by atoms with Gasteiger partial charge in [-0.3, -0.25) is 9.59 Å². The van der Waals surface area contributed by atoms with Gasteiger partial charge in [0.15, 0.2) is 11.0 Å².